The summed E-state index contributed by atoms with van der Waals surface area (Å²) >= 11 is 0. The van der Waals surface area contributed by atoms with E-state index in [-0.39, 0.29) is 18.0 Å². The van der Waals surface area contributed by atoms with E-state index in [4.69, 9.17) is 0 Å². The second kappa shape index (κ2) is 4.70. The Hall–Kier alpha value is -1.81. The average molecular weight is 257 g/mol. The Labute approximate surface area is 112 Å². The molecule has 19 heavy (non-hydrogen) atoms. The second-order valence-electron chi connectivity index (χ2n) is 5.35. The number of amides is 1. The van der Waals surface area contributed by atoms with Crippen molar-refractivity contribution in [1.29, 1.82) is 0 Å². The molecule has 2 atom stereocenters. The molecule has 4 heteroatoms. The number of rotatable bonds is 1. The molecule has 0 saturated carbocycles. The molecule has 1 aliphatic heterocycles. The van der Waals surface area contributed by atoms with Gasteiger partial charge in [0.2, 0.25) is 0 Å². The number of H-pyrrole nitrogens is 1. The van der Waals surface area contributed by atoms with Gasteiger partial charge in [0, 0.05) is 47.8 Å². The monoisotopic (exact) mass is 257 g/mol. The molecule has 0 spiro atoms. The molecule has 2 aromatic rings. The molecule has 0 aliphatic carbocycles. The maximum Gasteiger partial charge on any atom is 0.254 e. The van der Waals surface area contributed by atoms with E-state index in [2.05, 4.69) is 24.1 Å². The third-order valence-electron chi connectivity index (χ3n) is 3.86. The van der Waals surface area contributed by atoms with Crippen LogP contribution in [0.1, 0.15) is 24.2 Å². The normalized spacial score (nSPS) is 23.8. The predicted octanol–water partition coefficient (Wildman–Crippen LogP) is 1.99. The Morgan fingerprint density at radius 1 is 1.21 bits per heavy atom. The molecule has 0 bridgehead atoms. The number of nitrogens with zero attached hydrogens (tertiary/aromatic N) is 1. The molecule has 0 radical (unpaired) electrons. The number of aromatic nitrogens is 1. The van der Waals surface area contributed by atoms with Gasteiger partial charge in [0.05, 0.1) is 0 Å². The van der Waals surface area contributed by atoms with Crippen LogP contribution in [0.4, 0.5) is 0 Å². The fourth-order valence-electron chi connectivity index (χ4n) is 2.87. The summed E-state index contributed by atoms with van der Waals surface area (Å²) in [4.78, 5) is 17.8. The Morgan fingerprint density at radius 2 is 1.95 bits per heavy atom. The van der Waals surface area contributed by atoms with Gasteiger partial charge < -0.3 is 15.2 Å². The molecular weight excluding hydrogens is 238 g/mol. The van der Waals surface area contributed by atoms with Gasteiger partial charge >= 0.3 is 0 Å². The molecule has 2 heterocycles. The van der Waals surface area contributed by atoms with Gasteiger partial charge in [-0.2, -0.15) is 0 Å². The largest absolute Gasteiger partial charge is 0.361 e. The zero-order chi connectivity index (χ0) is 13.4. The lowest BCUT2D eigenvalue weighted by molar-refractivity contribution is 0.0544. The van der Waals surface area contributed by atoms with Crippen LogP contribution in [0.2, 0.25) is 0 Å². The SMILES string of the molecule is CC1CNCC(C)N1C(=O)c1ccc2[nH]ccc2c1. The number of hydrogen-bond acceptors (Lipinski definition) is 2. The molecule has 2 unspecified atom stereocenters. The lowest BCUT2D eigenvalue weighted by Crippen LogP contribution is -2.57. The molecule has 1 amide bonds. The minimum atomic E-state index is 0.129. The van der Waals surface area contributed by atoms with Crippen LogP contribution in [0.5, 0.6) is 0 Å². The molecule has 1 fully saturated rings. The van der Waals surface area contributed by atoms with Crippen molar-refractivity contribution in [3.63, 3.8) is 0 Å². The summed E-state index contributed by atoms with van der Waals surface area (Å²) in [6.07, 6.45) is 1.90. The molecule has 2 N–H and O–H groups in total. The number of carbonyl (C=O) groups is 1. The summed E-state index contributed by atoms with van der Waals surface area (Å²) < 4.78 is 0. The van der Waals surface area contributed by atoms with Crippen LogP contribution in [0.3, 0.4) is 0 Å². The van der Waals surface area contributed by atoms with Crippen LogP contribution < -0.4 is 5.32 Å². The van der Waals surface area contributed by atoms with Gasteiger partial charge in [-0.3, -0.25) is 4.79 Å². The first-order chi connectivity index (χ1) is 9.16. The Bertz CT molecular complexity index is 594. The summed E-state index contributed by atoms with van der Waals surface area (Å²) in [6.45, 7) is 5.91. The summed E-state index contributed by atoms with van der Waals surface area (Å²) in [5.41, 5.74) is 1.84. The van der Waals surface area contributed by atoms with Crippen LogP contribution in [-0.4, -0.2) is 41.0 Å². The zero-order valence-electron chi connectivity index (χ0n) is 11.3. The molecule has 100 valence electrons. The Balaban J connectivity index is 1.93. The smallest absolute Gasteiger partial charge is 0.254 e. The first-order valence-corrected chi connectivity index (χ1v) is 6.77. The first kappa shape index (κ1) is 12.2. The molecule has 4 nitrogen and oxygen atoms in total. The minimum absolute atomic E-state index is 0.129. The summed E-state index contributed by atoms with van der Waals surface area (Å²) in [5.74, 6) is 0.129. The number of fused-ring (bicyclic) bond motifs is 1. The predicted molar refractivity (Wildman–Crippen MR) is 76.3 cm³/mol. The van der Waals surface area contributed by atoms with Crippen molar-refractivity contribution in [3.8, 4) is 0 Å². The van der Waals surface area contributed by atoms with Crippen molar-refractivity contribution in [2.75, 3.05) is 13.1 Å². The molecular formula is C15H19N3O. The van der Waals surface area contributed by atoms with Crippen LogP contribution in [0.25, 0.3) is 10.9 Å². The van der Waals surface area contributed by atoms with Crippen LogP contribution in [0, 0.1) is 0 Å². The van der Waals surface area contributed by atoms with E-state index in [0.717, 1.165) is 29.6 Å². The van der Waals surface area contributed by atoms with E-state index in [9.17, 15) is 4.79 Å². The van der Waals surface area contributed by atoms with Crippen molar-refractivity contribution in [3.05, 3.63) is 36.0 Å². The minimum Gasteiger partial charge on any atom is -0.361 e. The molecule has 1 saturated heterocycles. The van der Waals surface area contributed by atoms with Gasteiger partial charge in [0.1, 0.15) is 0 Å². The van der Waals surface area contributed by atoms with Crippen molar-refractivity contribution in [2.45, 2.75) is 25.9 Å². The lowest BCUT2D eigenvalue weighted by Gasteiger charge is -2.39. The molecule has 1 aliphatic rings. The maximum absolute atomic E-state index is 12.7. The van der Waals surface area contributed by atoms with Crippen molar-refractivity contribution < 1.29 is 4.79 Å². The third kappa shape index (κ3) is 2.12. The van der Waals surface area contributed by atoms with Crippen LogP contribution in [-0.2, 0) is 0 Å². The van der Waals surface area contributed by atoms with E-state index in [1.807, 2.05) is 35.4 Å². The second-order valence-corrected chi connectivity index (χ2v) is 5.35. The number of nitrogens with one attached hydrogen (secondary N) is 2. The summed E-state index contributed by atoms with van der Waals surface area (Å²) in [7, 11) is 0. The van der Waals surface area contributed by atoms with Gasteiger partial charge in [-0.05, 0) is 38.1 Å². The zero-order valence-corrected chi connectivity index (χ0v) is 11.3. The highest BCUT2D eigenvalue weighted by Gasteiger charge is 2.29. The fourth-order valence-corrected chi connectivity index (χ4v) is 2.87. The number of hydrogen-bond donors (Lipinski definition) is 2. The van der Waals surface area contributed by atoms with Gasteiger partial charge in [-0.1, -0.05) is 0 Å². The molecule has 1 aromatic carbocycles. The first-order valence-electron chi connectivity index (χ1n) is 6.77. The molecule has 1 aromatic heterocycles. The summed E-state index contributed by atoms with van der Waals surface area (Å²) in [5, 5.41) is 4.43. The van der Waals surface area contributed by atoms with Gasteiger partial charge in [0.25, 0.3) is 5.91 Å². The maximum atomic E-state index is 12.7. The third-order valence-corrected chi connectivity index (χ3v) is 3.86. The van der Waals surface area contributed by atoms with Gasteiger partial charge in [-0.25, -0.2) is 0 Å². The van der Waals surface area contributed by atoms with Gasteiger partial charge in [-0.15, -0.1) is 0 Å². The van der Waals surface area contributed by atoms with E-state index in [0.29, 0.717) is 0 Å². The van der Waals surface area contributed by atoms with E-state index >= 15 is 0 Å². The highest BCUT2D eigenvalue weighted by Crippen LogP contribution is 2.19. The lowest BCUT2D eigenvalue weighted by atomic mass is 10.1. The topological polar surface area (TPSA) is 48.1 Å². The number of carbonyl (C=O) groups excluding carboxylic acids is 1. The van der Waals surface area contributed by atoms with Crippen LogP contribution >= 0.6 is 0 Å². The van der Waals surface area contributed by atoms with E-state index in [1.54, 1.807) is 0 Å². The van der Waals surface area contributed by atoms with Crippen LogP contribution in [0.15, 0.2) is 30.5 Å². The Morgan fingerprint density at radius 3 is 2.68 bits per heavy atom. The number of benzene rings is 1. The highest BCUT2D eigenvalue weighted by atomic mass is 16.2. The van der Waals surface area contributed by atoms with Crippen molar-refractivity contribution >= 4 is 16.8 Å². The van der Waals surface area contributed by atoms with Gasteiger partial charge in [0.15, 0.2) is 0 Å². The fraction of sp³-hybridized carbons (Fsp3) is 0.400. The van der Waals surface area contributed by atoms with Crippen molar-refractivity contribution in [2.24, 2.45) is 0 Å². The quantitative estimate of drug-likeness (QED) is 0.821. The number of piperazine rings is 1. The summed E-state index contributed by atoms with van der Waals surface area (Å²) in [6, 6.07) is 8.31. The number of aromatic amines is 1. The standard InChI is InChI=1S/C15H19N3O/c1-10-8-16-9-11(2)18(10)15(19)13-3-4-14-12(7-13)5-6-17-14/h3-7,10-11,16-17H,8-9H2,1-2H3. The van der Waals surface area contributed by atoms with Crippen molar-refractivity contribution in [1.82, 2.24) is 15.2 Å². The van der Waals surface area contributed by atoms with E-state index in [1.165, 1.54) is 0 Å². The van der Waals surface area contributed by atoms with E-state index < -0.39 is 0 Å². The highest BCUT2D eigenvalue weighted by molar-refractivity contribution is 5.98. The average Bonchev–Trinajstić information content (AvgIpc) is 2.85. The Kier molecular flexibility index (Phi) is 3.03. The molecule has 3 rings (SSSR count).